The van der Waals surface area contributed by atoms with E-state index in [0.29, 0.717) is 0 Å². The number of halogens is 2. The number of piperazine rings is 1. The van der Waals surface area contributed by atoms with E-state index >= 15 is 0 Å². The van der Waals surface area contributed by atoms with Crippen molar-refractivity contribution in [1.29, 1.82) is 0 Å². The maximum Gasteiger partial charge on any atom is 0.414 e. The fraction of sp³-hybridized carbons (Fsp3) is 0.300. The molecule has 0 spiro atoms. The Morgan fingerprint density at radius 3 is 1.75 bits per heavy atom. The number of aliphatic carboxylic acids is 2. The van der Waals surface area contributed by atoms with Gasteiger partial charge in [0.15, 0.2) is 0 Å². The van der Waals surface area contributed by atoms with Gasteiger partial charge in [0.1, 0.15) is 5.82 Å². The highest BCUT2D eigenvalue weighted by Crippen LogP contribution is 2.15. The van der Waals surface area contributed by atoms with Gasteiger partial charge in [0, 0.05) is 44.3 Å². The molecule has 2 N–H and O–H groups in total. The van der Waals surface area contributed by atoms with Crippen molar-refractivity contribution in [2.24, 2.45) is 0 Å². The van der Waals surface area contributed by atoms with E-state index in [1.165, 1.54) is 11.6 Å². The molecule has 1 aliphatic heterocycles. The van der Waals surface area contributed by atoms with Crippen LogP contribution in [0.5, 0.6) is 0 Å². The maximum absolute atomic E-state index is 13.2. The second kappa shape index (κ2) is 10.8. The molecule has 3 rings (SSSR count). The normalized spacial score (nSPS) is 14.8. The second-order valence-electron chi connectivity index (χ2n) is 6.42. The van der Waals surface area contributed by atoms with Crippen molar-refractivity contribution in [3.05, 3.63) is 70.5 Å². The molecular formula is C20H22ClFN2O4. The predicted octanol–water partition coefficient (Wildman–Crippen LogP) is 2.95. The molecule has 2 aromatic carbocycles. The molecule has 1 saturated heterocycles. The summed E-state index contributed by atoms with van der Waals surface area (Å²) in [6.07, 6.45) is 0. The van der Waals surface area contributed by atoms with Crippen molar-refractivity contribution < 1.29 is 24.2 Å². The first kappa shape index (κ1) is 21.8. The molecule has 2 aromatic rings. The number of carboxylic acid groups (broad SMARTS) is 2. The van der Waals surface area contributed by atoms with E-state index in [-0.39, 0.29) is 5.82 Å². The SMILES string of the molecule is Fc1cccc(CN2CCN(Cc3cccc(Cl)c3)CC2)c1.O=C(O)C(=O)O. The van der Waals surface area contributed by atoms with Crippen molar-refractivity contribution in [1.82, 2.24) is 9.80 Å². The molecular weight excluding hydrogens is 387 g/mol. The zero-order chi connectivity index (χ0) is 20.5. The molecule has 1 fully saturated rings. The molecule has 0 unspecified atom stereocenters. The fourth-order valence-corrected chi connectivity index (χ4v) is 3.11. The lowest BCUT2D eigenvalue weighted by Crippen LogP contribution is -2.45. The van der Waals surface area contributed by atoms with Gasteiger partial charge in [0.2, 0.25) is 0 Å². The summed E-state index contributed by atoms with van der Waals surface area (Å²) < 4.78 is 13.2. The Morgan fingerprint density at radius 2 is 1.32 bits per heavy atom. The summed E-state index contributed by atoms with van der Waals surface area (Å²) in [6, 6.07) is 14.9. The molecule has 0 bridgehead atoms. The summed E-state index contributed by atoms with van der Waals surface area (Å²) in [4.78, 5) is 23.0. The number of nitrogens with zero attached hydrogens (tertiary/aromatic N) is 2. The van der Waals surface area contributed by atoms with Gasteiger partial charge in [-0.2, -0.15) is 0 Å². The standard InChI is InChI=1S/C18H20ClFN2.C2H2O4/c19-17-5-1-3-15(11-17)13-21-7-9-22(10-8-21)14-16-4-2-6-18(20)12-16;3-1(4)2(5)6/h1-6,11-12H,7-10,13-14H2;(H,3,4)(H,5,6). The first-order chi connectivity index (χ1) is 13.3. The number of rotatable bonds is 4. The van der Waals surface area contributed by atoms with Crippen LogP contribution in [0.15, 0.2) is 48.5 Å². The highest BCUT2D eigenvalue weighted by molar-refractivity contribution is 6.30. The molecule has 28 heavy (non-hydrogen) atoms. The number of benzene rings is 2. The predicted molar refractivity (Wildman–Crippen MR) is 104 cm³/mol. The van der Waals surface area contributed by atoms with Crippen LogP contribution in [-0.4, -0.2) is 58.1 Å². The lowest BCUT2D eigenvalue weighted by Gasteiger charge is -2.34. The van der Waals surface area contributed by atoms with E-state index in [2.05, 4.69) is 15.9 Å². The molecule has 0 aliphatic carbocycles. The van der Waals surface area contributed by atoms with E-state index < -0.39 is 11.9 Å². The highest BCUT2D eigenvalue weighted by Gasteiger charge is 2.17. The maximum atomic E-state index is 13.2. The smallest absolute Gasteiger partial charge is 0.414 e. The van der Waals surface area contributed by atoms with Crippen LogP contribution in [0.4, 0.5) is 4.39 Å². The second-order valence-corrected chi connectivity index (χ2v) is 6.86. The highest BCUT2D eigenvalue weighted by atomic mass is 35.5. The number of carbonyl (C=O) groups is 2. The average molecular weight is 409 g/mol. The topological polar surface area (TPSA) is 81.1 Å². The van der Waals surface area contributed by atoms with Gasteiger partial charge in [0.05, 0.1) is 0 Å². The molecule has 1 heterocycles. The molecule has 0 aromatic heterocycles. The van der Waals surface area contributed by atoms with Crippen molar-refractivity contribution in [3.63, 3.8) is 0 Å². The lowest BCUT2D eigenvalue weighted by atomic mass is 10.1. The average Bonchev–Trinajstić information content (AvgIpc) is 2.64. The Kier molecular flexibility index (Phi) is 8.38. The van der Waals surface area contributed by atoms with Crippen molar-refractivity contribution in [2.75, 3.05) is 26.2 Å². The van der Waals surface area contributed by atoms with Crippen LogP contribution in [0.1, 0.15) is 11.1 Å². The first-order valence-electron chi connectivity index (χ1n) is 8.73. The monoisotopic (exact) mass is 408 g/mol. The summed E-state index contributed by atoms with van der Waals surface area (Å²) in [5, 5.41) is 15.6. The minimum atomic E-state index is -1.82. The van der Waals surface area contributed by atoms with E-state index in [0.717, 1.165) is 49.9 Å². The van der Waals surface area contributed by atoms with E-state index in [4.69, 9.17) is 31.4 Å². The van der Waals surface area contributed by atoms with Crippen LogP contribution in [0, 0.1) is 5.82 Å². The molecule has 0 atom stereocenters. The van der Waals surface area contributed by atoms with Gasteiger partial charge in [-0.05, 0) is 35.4 Å². The summed E-state index contributed by atoms with van der Waals surface area (Å²) in [7, 11) is 0. The summed E-state index contributed by atoms with van der Waals surface area (Å²) in [6.45, 7) is 5.84. The van der Waals surface area contributed by atoms with E-state index in [1.807, 2.05) is 24.3 Å². The third kappa shape index (κ3) is 7.64. The molecule has 150 valence electrons. The molecule has 6 nitrogen and oxygen atoms in total. The minimum Gasteiger partial charge on any atom is -0.473 e. The Bertz CT molecular complexity index is 743. The van der Waals surface area contributed by atoms with E-state index in [1.54, 1.807) is 12.1 Å². The van der Waals surface area contributed by atoms with Crippen LogP contribution < -0.4 is 0 Å². The molecule has 1 aliphatic rings. The molecule has 8 heteroatoms. The van der Waals surface area contributed by atoms with Crippen LogP contribution in [-0.2, 0) is 22.7 Å². The van der Waals surface area contributed by atoms with Crippen LogP contribution >= 0.6 is 11.6 Å². The van der Waals surface area contributed by atoms with Gasteiger partial charge in [-0.25, -0.2) is 14.0 Å². The zero-order valence-corrected chi connectivity index (χ0v) is 16.0. The Morgan fingerprint density at radius 1 is 0.857 bits per heavy atom. The largest absolute Gasteiger partial charge is 0.473 e. The third-order valence-corrected chi connectivity index (χ3v) is 4.47. The van der Waals surface area contributed by atoms with E-state index in [9.17, 15) is 4.39 Å². The third-order valence-electron chi connectivity index (χ3n) is 4.24. The number of carboxylic acids is 2. The van der Waals surface area contributed by atoms with Crippen LogP contribution in [0.3, 0.4) is 0 Å². The minimum absolute atomic E-state index is 0.155. The van der Waals surface area contributed by atoms with Crippen LogP contribution in [0.2, 0.25) is 5.02 Å². The Labute approximate surface area is 167 Å². The van der Waals surface area contributed by atoms with Crippen LogP contribution in [0.25, 0.3) is 0 Å². The van der Waals surface area contributed by atoms with Crippen molar-refractivity contribution in [3.8, 4) is 0 Å². The van der Waals surface area contributed by atoms with Gasteiger partial charge in [-0.15, -0.1) is 0 Å². The number of hydrogen-bond donors (Lipinski definition) is 2. The van der Waals surface area contributed by atoms with Gasteiger partial charge < -0.3 is 10.2 Å². The van der Waals surface area contributed by atoms with Gasteiger partial charge in [-0.1, -0.05) is 35.9 Å². The summed E-state index contributed by atoms with van der Waals surface area (Å²) >= 11 is 6.03. The Hall–Kier alpha value is -2.48. The zero-order valence-electron chi connectivity index (χ0n) is 15.2. The summed E-state index contributed by atoms with van der Waals surface area (Å²) in [5.74, 6) is -3.80. The molecule has 0 radical (unpaired) electrons. The first-order valence-corrected chi connectivity index (χ1v) is 9.11. The van der Waals surface area contributed by atoms with Crippen molar-refractivity contribution in [2.45, 2.75) is 13.1 Å². The van der Waals surface area contributed by atoms with Gasteiger partial charge in [-0.3, -0.25) is 9.80 Å². The van der Waals surface area contributed by atoms with Crippen molar-refractivity contribution >= 4 is 23.5 Å². The van der Waals surface area contributed by atoms with Gasteiger partial charge in [0.25, 0.3) is 0 Å². The summed E-state index contributed by atoms with van der Waals surface area (Å²) in [5.41, 5.74) is 2.30. The molecule has 0 saturated carbocycles. The quantitative estimate of drug-likeness (QED) is 0.757. The lowest BCUT2D eigenvalue weighted by molar-refractivity contribution is -0.159. The Balaban J connectivity index is 0.000000409. The fourth-order valence-electron chi connectivity index (χ4n) is 2.89. The number of hydrogen-bond acceptors (Lipinski definition) is 4. The van der Waals surface area contributed by atoms with Gasteiger partial charge >= 0.3 is 11.9 Å². The molecule has 0 amide bonds.